The monoisotopic (exact) mass is 469 g/mol. The van der Waals surface area contributed by atoms with Crippen molar-refractivity contribution in [2.75, 3.05) is 20.1 Å². The van der Waals surface area contributed by atoms with E-state index in [-0.39, 0.29) is 18.3 Å². The Kier molecular flexibility index (Phi) is 6.59. The predicted molar refractivity (Wildman–Crippen MR) is 137 cm³/mol. The number of Topliss-reactive ketones (excluding diaryl/α,β-unsaturated/α-hetero) is 1. The molecule has 0 saturated carbocycles. The summed E-state index contributed by atoms with van der Waals surface area (Å²) in [5, 5.41) is 5.36. The molecule has 180 valence electrons. The topological polar surface area (TPSA) is 73.1 Å². The molecule has 1 fully saturated rings. The van der Waals surface area contributed by atoms with Crippen LogP contribution in [0.2, 0.25) is 0 Å². The molecule has 0 amide bonds. The van der Waals surface area contributed by atoms with Gasteiger partial charge in [-0.15, -0.1) is 0 Å². The molecule has 0 unspecified atom stereocenters. The zero-order chi connectivity index (χ0) is 24.4. The van der Waals surface area contributed by atoms with Crippen LogP contribution < -0.4 is 4.74 Å². The van der Waals surface area contributed by atoms with Crippen LogP contribution in [-0.2, 0) is 6.42 Å². The molecule has 1 saturated heterocycles. The maximum absolute atomic E-state index is 13.1. The van der Waals surface area contributed by atoms with E-state index >= 15 is 0 Å². The van der Waals surface area contributed by atoms with Crippen LogP contribution in [0.5, 0.6) is 5.75 Å². The highest BCUT2D eigenvalue weighted by Crippen LogP contribution is 2.23. The molecule has 1 aromatic carbocycles. The molecular formula is C28H31N5O2. The summed E-state index contributed by atoms with van der Waals surface area (Å²) in [6, 6.07) is 13.7. The summed E-state index contributed by atoms with van der Waals surface area (Å²) >= 11 is 0. The molecule has 7 nitrogen and oxygen atoms in total. The van der Waals surface area contributed by atoms with Gasteiger partial charge in [-0.25, -0.2) is 4.98 Å². The average Bonchev–Trinajstić information content (AvgIpc) is 3.36. The van der Waals surface area contributed by atoms with Crippen molar-refractivity contribution < 1.29 is 9.53 Å². The summed E-state index contributed by atoms with van der Waals surface area (Å²) < 4.78 is 8.08. The minimum Gasteiger partial charge on any atom is -0.490 e. The van der Waals surface area contributed by atoms with E-state index in [1.54, 1.807) is 6.20 Å². The van der Waals surface area contributed by atoms with Gasteiger partial charge in [-0.05, 0) is 64.1 Å². The van der Waals surface area contributed by atoms with E-state index in [1.165, 1.54) is 0 Å². The summed E-state index contributed by atoms with van der Waals surface area (Å²) in [5.74, 6) is 0.769. The largest absolute Gasteiger partial charge is 0.490 e. The van der Waals surface area contributed by atoms with E-state index in [4.69, 9.17) is 9.72 Å². The number of aromatic nitrogens is 4. The predicted octanol–water partition coefficient (Wildman–Crippen LogP) is 4.97. The lowest BCUT2D eigenvalue weighted by molar-refractivity contribution is 0.0988. The van der Waals surface area contributed by atoms with Crippen LogP contribution in [0.3, 0.4) is 0 Å². The average molecular weight is 470 g/mol. The number of piperidine rings is 1. The number of rotatable bonds is 7. The smallest absolute Gasteiger partial charge is 0.168 e. The van der Waals surface area contributed by atoms with E-state index in [2.05, 4.69) is 35.9 Å². The number of pyridine rings is 2. The highest BCUT2D eigenvalue weighted by molar-refractivity contribution is 5.98. The second kappa shape index (κ2) is 9.96. The number of hydrogen-bond acceptors (Lipinski definition) is 6. The van der Waals surface area contributed by atoms with Gasteiger partial charge in [-0.3, -0.25) is 14.5 Å². The first kappa shape index (κ1) is 23.2. The molecule has 0 N–H and O–H groups in total. The molecule has 3 aromatic heterocycles. The Morgan fingerprint density at radius 3 is 2.71 bits per heavy atom. The van der Waals surface area contributed by atoms with Crippen molar-refractivity contribution in [3.63, 3.8) is 0 Å². The lowest BCUT2D eigenvalue weighted by Crippen LogP contribution is -2.35. The van der Waals surface area contributed by atoms with Crippen LogP contribution in [0.1, 0.15) is 48.8 Å². The van der Waals surface area contributed by atoms with E-state index in [9.17, 15) is 4.79 Å². The van der Waals surface area contributed by atoms with Crippen molar-refractivity contribution >= 4 is 16.7 Å². The van der Waals surface area contributed by atoms with E-state index in [1.807, 2.05) is 59.5 Å². The number of nitrogens with zero attached hydrogens (tertiary/aromatic N) is 5. The van der Waals surface area contributed by atoms with Crippen LogP contribution in [0, 0.1) is 0 Å². The normalized spacial score (nSPS) is 15.1. The number of ether oxygens (including phenoxy) is 1. The minimum atomic E-state index is 0.0139. The van der Waals surface area contributed by atoms with Gasteiger partial charge in [0, 0.05) is 48.0 Å². The maximum Gasteiger partial charge on any atom is 0.168 e. The highest BCUT2D eigenvalue weighted by atomic mass is 16.5. The molecule has 1 aliphatic heterocycles. The first-order valence-corrected chi connectivity index (χ1v) is 12.2. The Bertz CT molecular complexity index is 1340. The zero-order valence-corrected chi connectivity index (χ0v) is 20.5. The van der Waals surface area contributed by atoms with Gasteiger partial charge in [0.05, 0.1) is 29.5 Å². The van der Waals surface area contributed by atoms with Crippen molar-refractivity contribution in [3.8, 4) is 17.0 Å². The Labute approximate surface area is 205 Å². The number of fused-ring (bicyclic) bond motifs is 1. The molecular weight excluding hydrogens is 438 g/mol. The van der Waals surface area contributed by atoms with Gasteiger partial charge in [0.1, 0.15) is 11.9 Å². The summed E-state index contributed by atoms with van der Waals surface area (Å²) in [7, 11) is 2.13. The molecule has 0 bridgehead atoms. The van der Waals surface area contributed by atoms with E-state index in [0.29, 0.717) is 17.3 Å². The van der Waals surface area contributed by atoms with Gasteiger partial charge in [-0.1, -0.05) is 12.1 Å². The molecule has 7 heteroatoms. The van der Waals surface area contributed by atoms with Crippen molar-refractivity contribution in [3.05, 3.63) is 72.3 Å². The molecule has 0 radical (unpaired) electrons. The number of likely N-dealkylation sites (tertiary alicyclic amines) is 1. The second-order valence-electron chi connectivity index (χ2n) is 9.62. The Morgan fingerprint density at radius 1 is 1.11 bits per heavy atom. The Hall–Kier alpha value is -3.58. The molecule has 1 aliphatic rings. The minimum absolute atomic E-state index is 0.0139. The number of carbonyl (C=O) groups excluding carboxylic acids is 1. The van der Waals surface area contributed by atoms with Crippen molar-refractivity contribution in [1.82, 2.24) is 24.6 Å². The fourth-order valence-electron chi connectivity index (χ4n) is 4.37. The number of hydrogen-bond donors (Lipinski definition) is 0. The van der Waals surface area contributed by atoms with Crippen molar-refractivity contribution in [2.45, 2.75) is 45.3 Å². The second-order valence-corrected chi connectivity index (χ2v) is 9.62. The SMILES string of the molecule is CC(C)n1cc(-c2ccc3cnc(CC(=O)c4cccc(OC5CCN(C)CC5)c4)cc3n2)cn1. The van der Waals surface area contributed by atoms with E-state index < -0.39 is 0 Å². The standard InChI is InChI=1S/C28H31N5O2/c1-19(2)33-18-22(17-30-33)26-8-7-21-16-29-23(14-27(21)31-26)15-28(34)20-5-4-6-25(13-20)35-24-9-11-32(3)12-10-24/h4-8,13-14,16-19,24H,9-12,15H2,1-3H3. The summed E-state index contributed by atoms with van der Waals surface area (Å²) in [5.41, 5.74) is 3.98. The summed E-state index contributed by atoms with van der Waals surface area (Å²) in [6.07, 6.45) is 8.04. The number of benzene rings is 1. The van der Waals surface area contributed by atoms with Crippen LogP contribution in [0.15, 0.2) is 61.1 Å². The fourth-order valence-corrected chi connectivity index (χ4v) is 4.37. The molecule has 0 spiro atoms. The van der Waals surface area contributed by atoms with Crippen molar-refractivity contribution in [2.24, 2.45) is 0 Å². The number of ketones is 1. The molecule has 0 aliphatic carbocycles. The molecule has 4 aromatic rings. The molecule has 4 heterocycles. The van der Waals surface area contributed by atoms with Gasteiger partial charge in [0.2, 0.25) is 0 Å². The van der Waals surface area contributed by atoms with Gasteiger partial charge in [0.15, 0.2) is 5.78 Å². The fraction of sp³-hybridized carbons (Fsp3) is 0.357. The Morgan fingerprint density at radius 2 is 1.94 bits per heavy atom. The lowest BCUT2D eigenvalue weighted by atomic mass is 10.0. The third-order valence-corrected chi connectivity index (χ3v) is 6.52. The highest BCUT2D eigenvalue weighted by Gasteiger charge is 2.19. The summed E-state index contributed by atoms with van der Waals surface area (Å²) in [6.45, 7) is 6.26. The zero-order valence-electron chi connectivity index (χ0n) is 20.5. The molecule has 0 atom stereocenters. The van der Waals surface area contributed by atoms with Gasteiger partial charge in [-0.2, -0.15) is 5.10 Å². The van der Waals surface area contributed by atoms with Gasteiger partial charge in [0.25, 0.3) is 0 Å². The number of carbonyl (C=O) groups is 1. The summed E-state index contributed by atoms with van der Waals surface area (Å²) in [4.78, 5) is 24.7. The quantitative estimate of drug-likeness (QED) is 0.356. The van der Waals surface area contributed by atoms with Gasteiger partial charge < -0.3 is 9.64 Å². The van der Waals surface area contributed by atoms with Crippen LogP contribution >= 0.6 is 0 Å². The third kappa shape index (κ3) is 5.41. The third-order valence-electron chi connectivity index (χ3n) is 6.52. The Balaban J connectivity index is 1.31. The lowest BCUT2D eigenvalue weighted by Gasteiger charge is -2.29. The maximum atomic E-state index is 13.1. The van der Waals surface area contributed by atoms with Crippen LogP contribution in [0.4, 0.5) is 0 Å². The first-order chi connectivity index (χ1) is 16.9. The van der Waals surface area contributed by atoms with Crippen LogP contribution in [-0.4, -0.2) is 56.7 Å². The molecule has 5 rings (SSSR count). The first-order valence-electron chi connectivity index (χ1n) is 12.2. The van der Waals surface area contributed by atoms with Gasteiger partial charge >= 0.3 is 0 Å². The van der Waals surface area contributed by atoms with Crippen LogP contribution in [0.25, 0.3) is 22.2 Å². The molecule has 35 heavy (non-hydrogen) atoms. The van der Waals surface area contributed by atoms with Crippen molar-refractivity contribution in [1.29, 1.82) is 0 Å². The van der Waals surface area contributed by atoms with E-state index in [0.717, 1.165) is 53.8 Å².